The summed E-state index contributed by atoms with van der Waals surface area (Å²) in [7, 11) is 2.97. The van der Waals surface area contributed by atoms with Crippen LogP contribution in [0.4, 0.5) is 8.78 Å². The maximum absolute atomic E-state index is 14.6. The number of methoxy groups -OCH3 is 2. The molecule has 3 aromatic carbocycles. The lowest BCUT2D eigenvalue weighted by molar-refractivity contribution is 0.0697. The van der Waals surface area contributed by atoms with Crippen molar-refractivity contribution in [2.24, 2.45) is 0 Å². The predicted molar refractivity (Wildman–Crippen MR) is 129 cm³/mol. The molecule has 6 nitrogen and oxygen atoms in total. The van der Waals surface area contributed by atoms with Crippen molar-refractivity contribution in [3.8, 4) is 28.3 Å². The second kappa shape index (κ2) is 9.03. The number of halogens is 2. The van der Waals surface area contributed by atoms with Gasteiger partial charge in [-0.05, 0) is 35.9 Å². The van der Waals surface area contributed by atoms with E-state index in [1.54, 1.807) is 23.8 Å². The summed E-state index contributed by atoms with van der Waals surface area (Å²) in [5.41, 5.74) is 2.01. The average Bonchev–Trinajstić information content (AvgIpc) is 3.15. The monoisotopic (exact) mass is 481 g/mol. The SMILES string of the molecule is COCC(C)(C)c1c(-c2ccc(C(=O)O)cc2)c2c(O)cc(F)cc2n1-c1ccc(F)cc1OC. The Labute approximate surface area is 201 Å². The van der Waals surface area contributed by atoms with Crippen LogP contribution in [-0.4, -0.2) is 41.6 Å². The number of aromatic carboxylic acids is 1. The van der Waals surface area contributed by atoms with Gasteiger partial charge < -0.3 is 24.3 Å². The standard InChI is InChI=1S/C27H25F2NO5/c1-27(2,14-34-3)25-23(15-5-7-16(8-6-15)26(32)33)24-20(11-18(29)12-21(24)31)30(25)19-10-9-17(28)13-22(19)35-4/h5-13,31H,14H2,1-4H3,(H,32,33). The molecule has 2 N–H and O–H groups in total. The Morgan fingerprint density at radius 1 is 1.00 bits per heavy atom. The van der Waals surface area contributed by atoms with Crippen molar-refractivity contribution in [3.05, 3.63) is 77.5 Å². The van der Waals surface area contributed by atoms with E-state index in [1.807, 2.05) is 13.8 Å². The third-order valence-corrected chi connectivity index (χ3v) is 5.96. The number of aromatic nitrogens is 1. The van der Waals surface area contributed by atoms with Crippen molar-refractivity contribution in [3.63, 3.8) is 0 Å². The summed E-state index contributed by atoms with van der Waals surface area (Å²) < 4.78 is 41.4. The first-order valence-corrected chi connectivity index (χ1v) is 10.8. The largest absolute Gasteiger partial charge is 0.507 e. The van der Waals surface area contributed by atoms with Crippen LogP contribution < -0.4 is 4.74 Å². The van der Waals surface area contributed by atoms with E-state index in [0.29, 0.717) is 33.4 Å². The fraction of sp³-hybridized carbons (Fsp3) is 0.222. The summed E-state index contributed by atoms with van der Waals surface area (Å²) in [4.78, 5) is 11.4. The van der Waals surface area contributed by atoms with Crippen LogP contribution >= 0.6 is 0 Å². The lowest BCUT2D eigenvalue weighted by Crippen LogP contribution is -2.27. The van der Waals surface area contributed by atoms with Crippen molar-refractivity contribution in [2.45, 2.75) is 19.3 Å². The van der Waals surface area contributed by atoms with Crippen LogP contribution in [0.2, 0.25) is 0 Å². The number of carbonyl (C=O) groups is 1. The zero-order valence-corrected chi connectivity index (χ0v) is 19.7. The smallest absolute Gasteiger partial charge is 0.335 e. The molecule has 0 atom stereocenters. The maximum atomic E-state index is 14.6. The van der Waals surface area contributed by atoms with E-state index in [9.17, 15) is 23.8 Å². The quantitative estimate of drug-likeness (QED) is 0.343. The molecule has 0 saturated heterocycles. The highest BCUT2D eigenvalue weighted by molar-refractivity contribution is 6.04. The molecular weight excluding hydrogens is 456 g/mol. The van der Waals surface area contributed by atoms with Crippen molar-refractivity contribution >= 4 is 16.9 Å². The number of nitrogens with zero attached hydrogens (tertiary/aromatic N) is 1. The van der Waals surface area contributed by atoms with Crippen LogP contribution in [0.3, 0.4) is 0 Å². The van der Waals surface area contributed by atoms with E-state index in [4.69, 9.17) is 9.47 Å². The fourth-order valence-corrected chi connectivity index (χ4v) is 4.58. The van der Waals surface area contributed by atoms with Crippen molar-refractivity contribution in [1.82, 2.24) is 4.57 Å². The number of rotatable bonds is 7. The average molecular weight is 481 g/mol. The van der Waals surface area contributed by atoms with E-state index in [1.165, 1.54) is 43.5 Å². The highest BCUT2D eigenvalue weighted by atomic mass is 19.1. The predicted octanol–water partition coefficient (Wildman–Crippen LogP) is 5.91. The summed E-state index contributed by atoms with van der Waals surface area (Å²) in [6.45, 7) is 4.12. The minimum absolute atomic E-state index is 0.102. The van der Waals surface area contributed by atoms with Crippen LogP contribution in [-0.2, 0) is 10.2 Å². The van der Waals surface area contributed by atoms with E-state index in [0.717, 1.165) is 6.07 Å². The third kappa shape index (κ3) is 4.21. The zero-order valence-electron chi connectivity index (χ0n) is 19.7. The number of aromatic hydroxyl groups is 1. The molecule has 1 aromatic heterocycles. The van der Waals surface area contributed by atoms with Gasteiger partial charge in [-0.2, -0.15) is 0 Å². The van der Waals surface area contributed by atoms with Crippen molar-refractivity contribution < 1.29 is 33.3 Å². The zero-order chi connectivity index (χ0) is 25.5. The third-order valence-electron chi connectivity index (χ3n) is 5.96. The lowest BCUT2D eigenvalue weighted by atomic mass is 9.84. The summed E-state index contributed by atoms with van der Waals surface area (Å²) in [5, 5.41) is 20.6. The van der Waals surface area contributed by atoms with Crippen LogP contribution in [0, 0.1) is 11.6 Å². The van der Waals surface area contributed by atoms with Gasteiger partial charge in [-0.25, -0.2) is 13.6 Å². The van der Waals surface area contributed by atoms with Crippen LogP contribution in [0.15, 0.2) is 54.6 Å². The number of hydrogen-bond donors (Lipinski definition) is 2. The van der Waals surface area contributed by atoms with E-state index in [2.05, 4.69) is 0 Å². The summed E-state index contributed by atoms with van der Waals surface area (Å²) in [6, 6.07) is 12.6. The first-order chi connectivity index (χ1) is 16.6. The number of phenolic OH excluding ortho intramolecular Hbond substituents is 1. The number of phenols is 1. The minimum atomic E-state index is -1.07. The van der Waals surface area contributed by atoms with Gasteiger partial charge in [0.1, 0.15) is 23.1 Å². The number of fused-ring (bicyclic) bond motifs is 1. The Bertz CT molecular complexity index is 1420. The van der Waals surface area contributed by atoms with Gasteiger partial charge >= 0.3 is 5.97 Å². The highest BCUT2D eigenvalue weighted by Gasteiger charge is 2.34. The number of ether oxygens (including phenoxy) is 2. The second-order valence-corrected chi connectivity index (χ2v) is 8.89. The molecule has 1 heterocycles. The molecule has 0 amide bonds. The minimum Gasteiger partial charge on any atom is -0.507 e. The molecule has 0 unspecified atom stereocenters. The molecule has 0 saturated carbocycles. The van der Waals surface area contributed by atoms with E-state index in [-0.39, 0.29) is 23.7 Å². The Hall–Kier alpha value is -3.91. The molecular formula is C27H25F2NO5. The van der Waals surface area contributed by atoms with E-state index >= 15 is 0 Å². The molecule has 182 valence electrons. The Morgan fingerprint density at radius 3 is 2.29 bits per heavy atom. The van der Waals surface area contributed by atoms with Crippen LogP contribution in [0.25, 0.3) is 27.7 Å². The normalized spacial score (nSPS) is 11.7. The number of carboxylic acid groups (broad SMARTS) is 1. The number of hydrogen-bond acceptors (Lipinski definition) is 4. The molecule has 8 heteroatoms. The molecule has 0 aliphatic heterocycles. The Kier molecular flexibility index (Phi) is 6.25. The molecule has 0 bridgehead atoms. The number of benzene rings is 3. The van der Waals surface area contributed by atoms with Gasteiger partial charge in [0.25, 0.3) is 0 Å². The van der Waals surface area contributed by atoms with E-state index < -0.39 is 23.0 Å². The van der Waals surface area contributed by atoms with Crippen molar-refractivity contribution in [2.75, 3.05) is 20.8 Å². The molecule has 0 spiro atoms. The Morgan fingerprint density at radius 2 is 1.69 bits per heavy atom. The lowest BCUT2D eigenvalue weighted by Gasteiger charge is -2.28. The van der Waals surface area contributed by atoms with Gasteiger partial charge in [0.2, 0.25) is 0 Å². The first-order valence-electron chi connectivity index (χ1n) is 10.8. The second-order valence-electron chi connectivity index (χ2n) is 8.89. The molecule has 0 aliphatic rings. The number of carboxylic acids is 1. The fourth-order valence-electron chi connectivity index (χ4n) is 4.58. The molecule has 4 rings (SSSR count). The molecule has 0 radical (unpaired) electrons. The summed E-state index contributed by atoms with van der Waals surface area (Å²) in [6.07, 6.45) is 0. The summed E-state index contributed by atoms with van der Waals surface area (Å²) >= 11 is 0. The van der Waals surface area contributed by atoms with Gasteiger partial charge in [0.05, 0.1) is 35.9 Å². The molecule has 4 aromatic rings. The van der Waals surface area contributed by atoms with Gasteiger partial charge in [0.15, 0.2) is 0 Å². The molecule has 0 aliphatic carbocycles. The molecule has 35 heavy (non-hydrogen) atoms. The highest BCUT2D eigenvalue weighted by Crippen LogP contribution is 2.47. The van der Waals surface area contributed by atoms with Gasteiger partial charge in [-0.3, -0.25) is 0 Å². The van der Waals surface area contributed by atoms with Crippen molar-refractivity contribution in [1.29, 1.82) is 0 Å². The van der Waals surface area contributed by atoms with Gasteiger partial charge in [-0.15, -0.1) is 0 Å². The van der Waals surface area contributed by atoms with Gasteiger partial charge in [0, 0.05) is 35.9 Å². The van der Waals surface area contributed by atoms with Crippen LogP contribution in [0.1, 0.15) is 29.9 Å². The first kappa shape index (κ1) is 24.2. The van der Waals surface area contributed by atoms with Gasteiger partial charge in [-0.1, -0.05) is 26.0 Å². The molecule has 0 fully saturated rings. The maximum Gasteiger partial charge on any atom is 0.335 e. The summed E-state index contributed by atoms with van der Waals surface area (Å²) in [5.74, 6) is -2.30. The topological polar surface area (TPSA) is 80.9 Å². The van der Waals surface area contributed by atoms with Crippen LogP contribution in [0.5, 0.6) is 11.5 Å². The Balaban J connectivity index is 2.22.